The molecule has 5 heteroatoms. The standard InChI is InChI=1S/C18H25BrN2O2/c1-11(13-3-6-17(23-2)16(19)10-13)20-18(22)9-12-7-14-4-5-15(8-12)21-14/h3,6,10-12,14-15,21H,4-5,7-9H2,1-2H3,(H,20,22). The zero-order chi connectivity index (χ0) is 16.4. The third kappa shape index (κ3) is 4.07. The Labute approximate surface area is 146 Å². The van der Waals surface area contributed by atoms with Crippen LogP contribution >= 0.6 is 15.9 Å². The number of hydrogen-bond donors (Lipinski definition) is 2. The molecule has 3 rings (SSSR count). The van der Waals surface area contributed by atoms with Crippen LogP contribution in [0.3, 0.4) is 0 Å². The first-order valence-electron chi connectivity index (χ1n) is 8.44. The third-order valence-electron chi connectivity index (χ3n) is 5.10. The molecule has 23 heavy (non-hydrogen) atoms. The van der Waals surface area contributed by atoms with Crippen LogP contribution in [0.15, 0.2) is 22.7 Å². The lowest BCUT2D eigenvalue weighted by molar-refractivity contribution is -0.122. The van der Waals surface area contributed by atoms with Gasteiger partial charge in [-0.05, 0) is 72.2 Å². The van der Waals surface area contributed by atoms with Crippen molar-refractivity contribution in [3.8, 4) is 5.75 Å². The number of rotatable bonds is 5. The number of amides is 1. The van der Waals surface area contributed by atoms with Crippen LogP contribution in [0.1, 0.15) is 50.6 Å². The number of ether oxygens (including phenoxy) is 1. The summed E-state index contributed by atoms with van der Waals surface area (Å²) in [5, 5.41) is 6.77. The highest BCUT2D eigenvalue weighted by atomic mass is 79.9. The van der Waals surface area contributed by atoms with Gasteiger partial charge in [0.25, 0.3) is 0 Å². The Hall–Kier alpha value is -1.07. The van der Waals surface area contributed by atoms with Gasteiger partial charge in [-0.2, -0.15) is 0 Å². The average molecular weight is 381 g/mol. The van der Waals surface area contributed by atoms with Crippen LogP contribution in [0.25, 0.3) is 0 Å². The van der Waals surface area contributed by atoms with E-state index in [0.29, 0.717) is 24.4 Å². The lowest BCUT2D eigenvalue weighted by Gasteiger charge is -2.29. The lowest BCUT2D eigenvalue weighted by Crippen LogP contribution is -2.40. The molecule has 2 heterocycles. The van der Waals surface area contributed by atoms with Gasteiger partial charge in [-0.25, -0.2) is 0 Å². The Kier molecular flexibility index (Phi) is 5.27. The maximum absolute atomic E-state index is 12.4. The van der Waals surface area contributed by atoms with Crippen molar-refractivity contribution in [2.75, 3.05) is 7.11 Å². The molecule has 4 nitrogen and oxygen atoms in total. The summed E-state index contributed by atoms with van der Waals surface area (Å²) in [7, 11) is 1.65. The summed E-state index contributed by atoms with van der Waals surface area (Å²) in [6.45, 7) is 2.03. The zero-order valence-corrected chi connectivity index (χ0v) is 15.4. The Bertz CT molecular complexity index is 566. The fourth-order valence-electron chi connectivity index (χ4n) is 3.94. The highest BCUT2D eigenvalue weighted by Crippen LogP contribution is 2.33. The first kappa shape index (κ1) is 16.8. The van der Waals surface area contributed by atoms with Crippen LogP contribution in [0.2, 0.25) is 0 Å². The molecule has 1 aromatic carbocycles. The number of carbonyl (C=O) groups is 1. The number of methoxy groups -OCH3 is 1. The summed E-state index contributed by atoms with van der Waals surface area (Å²) in [5.74, 6) is 1.50. The second-order valence-electron chi connectivity index (χ2n) is 6.86. The van der Waals surface area contributed by atoms with E-state index in [0.717, 1.165) is 28.6 Å². The molecule has 3 unspecified atom stereocenters. The normalized spacial score (nSPS) is 27.5. The molecule has 0 saturated carbocycles. The molecule has 126 valence electrons. The van der Waals surface area contributed by atoms with Crippen LogP contribution in [-0.4, -0.2) is 25.1 Å². The maximum Gasteiger partial charge on any atom is 0.220 e. The predicted octanol–water partition coefficient (Wildman–Crippen LogP) is 3.56. The number of carbonyl (C=O) groups excluding carboxylic acids is 1. The van der Waals surface area contributed by atoms with Crippen molar-refractivity contribution in [1.82, 2.24) is 10.6 Å². The minimum absolute atomic E-state index is 0.00291. The van der Waals surface area contributed by atoms with Crippen molar-refractivity contribution in [2.45, 2.75) is 57.2 Å². The van der Waals surface area contributed by atoms with Crippen LogP contribution < -0.4 is 15.4 Å². The summed E-state index contributed by atoms with van der Waals surface area (Å²) in [5.41, 5.74) is 1.08. The van der Waals surface area contributed by atoms with E-state index in [-0.39, 0.29) is 11.9 Å². The SMILES string of the molecule is COc1ccc(C(C)NC(=O)CC2CC3CCC(C2)N3)cc1Br. The molecular weight excluding hydrogens is 356 g/mol. The molecular formula is C18H25BrN2O2. The molecule has 2 bridgehead atoms. The van der Waals surface area contributed by atoms with Crippen LogP contribution in [0.4, 0.5) is 0 Å². The number of piperidine rings is 1. The highest BCUT2D eigenvalue weighted by Gasteiger charge is 2.34. The van der Waals surface area contributed by atoms with E-state index >= 15 is 0 Å². The molecule has 2 aliphatic rings. The topological polar surface area (TPSA) is 50.4 Å². The second-order valence-corrected chi connectivity index (χ2v) is 7.72. The van der Waals surface area contributed by atoms with Gasteiger partial charge in [0.2, 0.25) is 5.91 Å². The quantitative estimate of drug-likeness (QED) is 0.820. The van der Waals surface area contributed by atoms with Crippen molar-refractivity contribution < 1.29 is 9.53 Å². The van der Waals surface area contributed by atoms with Crippen molar-refractivity contribution >= 4 is 21.8 Å². The van der Waals surface area contributed by atoms with Crippen LogP contribution in [-0.2, 0) is 4.79 Å². The maximum atomic E-state index is 12.4. The van der Waals surface area contributed by atoms with Gasteiger partial charge in [0.05, 0.1) is 17.6 Å². The Morgan fingerprint density at radius 1 is 1.39 bits per heavy atom. The average Bonchev–Trinajstić information content (AvgIpc) is 2.85. The van der Waals surface area contributed by atoms with E-state index in [1.807, 2.05) is 25.1 Å². The molecule has 3 atom stereocenters. The predicted molar refractivity (Wildman–Crippen MR) is 94.5 cm³/mol. The summed E-state index contributed by atoms with van der Waals surface area (Å²) in [6.07, 6.45) is 5.49. The summed E-state index contributed by atoms with van der Waals surface area (Å²) < 4.78 is 6.16. The molecule has 2 aliphatic heterocycles. The molecule has 2 fully saturated rings. The van der Waals surface area contributed by atoms with Gasteiger partial charge in [-0.15, -0.1) is 0 Å². The zero-order valence-electron chi connectivity index (χ0n) is 13.8. The molecule has 1 aromatic rings. The minimum Gasteiger partial charge on any atom is -0.496 e. The van der Waals surface area contributed by atoms with Crippen LogP contribution in [0.5, 0.6) is 5.75 Å². The third-order valence-corrected chi connectivity index (χ3v) is 5.72. The molecule has 2 N–H and O–H groups in total. The van der Waals surface area contributed by atoms with E-state index in [1.165, 1.54) is 12.8 Å². The van der Waals surface area contributed by atoms with Crippen LogP contribution in [0, 0.1) is 5.92 Å². The van der Waals surface area contributed by atoms with Crippen molar-refractivity contribution in [3.05, 3.63) is 28.2 Å². The van der Waals surface area contributed by atoms with E-state index in [2.05, 4.69) is 26.6 Å². The molecule has 0 spiro atoms. The molecule has 0 radical (unpaired) electrons. The van der Waals surface area contributed by atoms with Crippen molar-refractivity contribution in [1.29, 1.82) is 0 Å². The highest BCUT2D eigenvalue weighted by molar-refractivity contribution is 9.10. The van der Waals surface area contributed by atoms with Gasteiger partial charge >= 0.3 is 0 Å². The van der Waals surface area contributed by atoms with Gasteiger partial charge in [0, 0.05) is 18.5 Å². The number of halogens is 1. The van der Waals surface area contributed by atoms with E-state index in [1.54, 1.807) is 7.11 Å². The lowest BCUT2D eigenvalue weighted by atomic mass is 9.89. The van der Waals surface area contributed by atoms with Crippen molar-refractivity contribution in [3.63, 3.8) is 0 Å². The van der Waals surface area contributed by atoms with Gasteiger partial charge in [0.1, 0.15) is 5.75 Å². The fourth-order valence-corrected chi connectivity index (χ4v) is 4.50. The number of nitrogens with one attached hydrogen (secondary N) is 2. The first-order valence-corrected chi connectivity index (χ1v) is 9.23. The fraction of sp³-hybridized carbons (Fsp3) is 0.611. The number of benzene rings is 1. The smallest absolute Gasteiger partial charge is 0.220 e. The molecule has 1 amide bonds. The van der Waals surface area contributed by atoms with Gasteiger partial charge in [-0.1, -0.05) is 6.07 Å². The molecule has 0 aliphatic carbocycles. The summed E-state index contributed by atoms with van der Waals surface area (Å²) in [4.78, 5) is 12.4. The number of hydrogen-bond acceptors (Lipinski definition) is 3. The first-order chi connectivity index (χ1) is 11.0. The second kappa shape index (κ2) is 7.22. The van der Waals surface area contributed by atoms with Gasteiger partial charge in [0.15, 0.2) is 0 Å². The largest absolute Gasteiger partial charge is 0.496 e. The number of fused-ring (bicyclic) bond motifs is 2. The summed E-state index contributed by atoms with van der Waals surface area (Å²) >= 11 is 3.50. The Morgan fingerprint density at radius 3 is 2.70 bits per heavy atom. The Morgan fingerprint density at radius 2 is 2.09 bits per heavy atom. The summed E-state index contributed by atoms with van der Waals surface area (Å²) in [6, 6.07) is 7.21. The monoisotopic (exact) mass is 380 g/mol. The minimum atomic E-state index is 0.00291. The molecule has 2 saturated heterocycles. The van der Waals surface area contributed by atoms with Gasteiger partial charge in [-0.3, -0.25) is 4.79 Å². The van der Waals surface area contributed by atoms with E-state index in [9.17, 15) is 4.79 Å². The van der Waals surface area contributed by atoms with E-state index < -0.39 is 0 Å². The van der Waals surface area contributed by atoms with E-state index in [4.69, 9.17) is 4.74 Å². The van der Waals surface area contributed by atoms with Crippen molar-refractivity contribution in [2.24, 2.45) is 5.92 Å². The Balaban J connectivity index is 1.54. The molecule has 0 aromatic heterocycles. The van der Waals surface area contributed by atoms with Gasteiger partial charge < -0.3 is 15.4 Å².